The third-order valence-corrected chi connectivity index (χ3v) is 23.3. The molecule has 0 fully saturated rings. The summed E-state index contributed by atoms with van der Waals surface area (Å²) < 4.78 is 56.3. The van der Waals surface area contributed by atoms with Crippen LogP contribution in [0.25, 0.3) is 132 Å². The molecular weight excluding hydrogens is 1330 g/mol. The highest BCUT2D eigenvalue weighted by Crippen LogP contribution is 2.54. The van der Waals surface area contributed by atoms with E-state index >= 15 is 0 Å². The first-order chi connectivity index (χ1) is 54.2. The number of hydrogen-bond donors (Lipinski definition) is 0. The standard InChI is InChI=1S/C101H82BN5O2/c1-98(2,3)64-35-44-82(74(53-64)61-24-15-13-16-25-61)106-87-57-68(104-81-32-21-19-28-71(81)76-50-60(59-103)34-43-84(76)104)39-41-79(87)102-80-42-40-69(105-85-46-37-66(100(7,8)9)55-77(85)78-56-67(101(10,11)12)38-47-86(78)105)58-88(80)107(83-45-36-65(99(4,5)6)54-75(83)62-26-17-14-18-27-62)90-52-63(51-89(106)96(90)102)70-30-23-31-73-95-93(109-97(70)73)49-48-92-94(95)72-29-20-22-33-91(72)108-92/h13-58H,1-12H3/i19D,21D,28D,32D. The maximum Gasteiger partial charge on any atom is 0.252 e. The lowest BCUT2D eigenvalue weighted by atomic mass is 9.33. The van der Waals surface area contributed by atoms with Crippen molar-refractivity contribution in [3.63, 3.8) is 0 Å². The van der Waals surface area contributed by atoms with E-state index in [1.807, 2.05) is 34.9 Å². The van der Waals surface area contributed by atoms with Gasteiger partial charge in [0.2, 0.25) is 0 Å². The highest BCUT2D eigenvalue weighted by molar-refractivity contribution is 7.00. The highest BCUT2D eigenvalue weighted by Gasteiger charge is 2.46. The van der Waals surface area contributed by atoms with Gasteiger partial charge in [0.05, 0.1) is 50.6 Å². The van der Waals surface area contributed by atoms with Crippen LogP contribution in [0.15, 0.2) is 288 Å². The molecule has 2 aliphatic rings. The van der Waals surface area contributed by atoms with Crippen molar-refractivity contribution in [1.82, 2.24) is 9.13 Å². The monoisotopic (exact) mass is 1410 g/mol. The molecule has 0 bridgehead atoms. The molecule has 2 aliphatic heterocycles. The molecule has 0 spiro atoms. The van der Waals surface area contributed by atoms with Gasteiger partial charge in [0.1, 0.15) is 22.3 Å². The Kier molecular flexibility index (Phi) is 13.4. The van der Waals surface area contributed by atoms with Crippen molar-refractivity contribution < 1.29 is 14.3 Å². The minimum Gasteiger partial charge on any atom is -0.456 e. The van der Waals surface area contributed by atoms with Gasteiger partial charge in [-0.05, 0) is 204 Å². The summed E-state index contributed by atoms with van der Waals surface area (Å²) >= 11 is 0. The molecule has 0 aliphatic carbocycles. The zero-order chi connectivity index (χ0) is 78.0. The zero-order valence-corrected chi connectivity index (χ0v) is 63.4. The summed E-state index contributed by atoms with van der Waals surface area (Å²) in [6, 6.07) is 94.1. The van der Waals surface area contributed by atoms with Crippen LogP contribution in [0.3, 0.4) is 0 Å². The van der Waals surface area contributed by atoms with Crippen LogP contribution < -0.4 is 26.2 Å². The molecule has 18 aromatic rings. The van der Waals surface area contributed by atoms with E-state index in [-0.39, 0.29) is 45.8 Å². The second-order valence-corrected chi connectivity index (χ2v) is 34.1. The number of fused-ring (bicyclic) bond motifs is 17. The fraction of sp³-hybridized carbons (Fsp3) is 0.158. The smallest absolute Gasteiger partial charge is 0.252 e. The van der Waals surface area contributed by atoms with E-state index in [1.54, 1.807) is 12.1 Å². The van der Waals surface area contributed by atoms with Crippen LogP contribution in [0.1, 0.15) is 116 Å². The Balaban J connectivity index is 0.962. The van der Waals surface area contributed by atoms with Crippen LogP contribution in [0, 0.1) is 11.3 Å². The van der Waals surface area contributed by atoms with Crippen LogP contribution in [0.2, 0.25) is 0 Å². The summed E-state index contributed by atoms with van der Waals surface area (Å²) in [4.78, 5) is 5.06. The number of furan rings is 2. The molecule has 20 rings (SSSR count). The lowest BCUT2D eigenvalue weighted by Crippen LogP contribution is -2.61. The minimum atomic E-state index is -0.433. The number of nitriles is 1. The van der Waals surface area contributed by atoms with Gasteiger partial charge in [-0.2, -0.15) is 5.26 Å². The largest absolute Gasteiger partial charge is 0.456 e. The summed E-state index contributed by atoms with van der Waals surface area (Å²) in [5.74, 6) is 0. The molecule has 0 unspecified atom stereocenters. The van der Waals surface area contributed by atoms with E-state index in [0.29, 0.717) is 33.1 Å². The van der Waals surface area contributed by atoms with E-state index in [2.05, 4.69) is 316 Å². The molecule has 8 heteroatoms. The number of para-hydroxylation sites is 3. The summed E-state index contributed by atoms with van der Waals surface area (Å²) in [6.45, 7) is 27.0. The Bertz CT molecular complexity index is 7120. The Labute approximate surface area is 641 Å². The van der Waals surface area contributed by atoms with Gasteiger partial charge < -0.3 is 27.8 Å². The lowest BCUT2D eigenvalue weighted by molar-refractivity contribution is 0.590. The molecule has 109 heavy (non-hydrogen) atoms. The first-order valence-electron chi connectivity index (χ1n) is 40.0. The van der Waals surface area contributed by atoms with Gasteiger partial charge in [-0.25, -0.2) is 0 Å². The molecular formula is C101H82BN5O2. The SMILES string of the molecule is [2H]c1c([2H])c([2H])c2c(c1[2H])c1cc(C#N)ccc1n2-c1ccc2c(c1)N(c1ccc(C(C)(C)C)cc1-c1ccccc1)c1cc(-c3cccc4c3oc3ccc5oc6ccccc6c5c34)cc3c1B2c1ccc(-n2c4ccc(C(C)(C)C)cc4c4cc(C(C)(C)C)ccc42)cc1N3c1ccc(C(C)(C)C)cc1-c1ccccc1. The number of aromatic nitrogens is 2. The third-order valence-electron chi connectivity index (χ3n) is 23.3. The van der Waals surface area contributed by atoms with Crippen molar-refractivity contribution in [1.29, 1.82) is 5.26 Å². The maximum atomic E-state index is 10.5. The Morgan fingerprint density at radius 3 is 1.36 bits per heavy atom. The summed E-state index contributed by atoms with van der Waals surface area (Å²) in [5.41, 5.74) is 27.6. The topological polar surface area (TPSA) is 66.4 Å². The van der Waals surface area contributed by atoms with Crippen molar-refractivity contribution in [2.24, 2.45) is 0 Å². The van der Waals surface area contributed by atoms with Gasteiger partial charge in [-0.3, -0.25) is 0 Å². The maximum absolute atomic E-state index is 10.5. The van der Waals surface area contributed by atoms with Crippen LogP contribution in [-0.4, -0.2) is 15.8 Å². The summed E-state index contributed by atoms with van der Waals surface area (Å²) in [7, 11) is 0. The van der Waals surface area contributed by atoms with E-state index in [1.165, 1.54) is 33.0 Å². The Morgan fingerprint density at radius 1 is 0.339 bits per heavy atom. The average molecular weight is 1410 g/mol. The molecule has 0 atom stereocenters. The van der Waals surface area contributed by atoms with Crippen molar-refractivity contribution in [2.75, 3.05) is 9.80 Å². The van der Waals surface area contributed by atoms with Crippen molar-refractivity contribution in [2.45, 2.75) is 105 Å². The Morgan fingerprint density at radius 2 is 0.807 bits per heavy atom. The molecule has 0 saturated heterocycles. The average Bonchev–Trinajstić information content (AvgIpc) is 0.927. The number of rotatable bonds is 7. The van der Waals surface area contributed by atoms with Gasteiger partial charge >= 0.3 is 0 Å². The molecule has 14 aromatic carbocycles. The molecule has 6 heterocycles. The predicted octanol–water partition coefficient (Wildman–Crippen LogP) is 25.8. The van der Waals surface area contributed by atoms with Crippen molar-refractivity contribution >= 4 is 145 Å². The summed E-state index contributed by atoms with van der Waals surface area (Å²) in [5, 5.41) is 17.8. The van der Waals surface area contributed by atoms with E-state index in [0.717, 1.165) is 144 Å². The highest BCUT2D eigenvalue weighted by atomic mass is 16.3. The zero-order valence-electron chi connectivity index (χ0n) is 67.4. The van der Waals surface area contributed by atoms with Crippen molar-refractivity contribution in [3.8, 4) is 50.8 Å². The van der Waals surface area contributed by atoms with E-state index in [9.17, 15) is 9.37 Å². The normalized spacial score (nSPS) is 13.8. The van der Waals surface area contributed by atoms with E-state index in [4.69, 9.17) is 10.2 Å². The van der Waals surface area contributed by atoms with E-state index < -0.39 is 6.71 Å². The third kappa shape index (κ3) is 10.2. The second kappa shape index (κ2) is 23.7. The fourth-order valence-electron chi connectivity index (χ4n) is 17.6. The number of nitrogens with zero attached hydrogens (tertiary/aromatic N) is 5. The molecule has 4 aromatic heterocycles. The lowest BCUT2D eigenvalue weighted by Gasteiger charge is -2.45. The van der Waals surface area contributed by atoms with Gasteiger partial charge in [0.15, 0.2) is 0 Å². The van der Waals surface area contributed by atoms with Crippen LogP contribution in [-0.2, 0) is 21.7 Å². The van der Waals surface area contributed by atoms with Gasteiger partial charge in [-0.15, -0.1) is 0 Å². The molecule has 0 amide bonds. The molecule has 7 nitrogen and oxygen atoms in total. The van der Waals surface area contributed by atoms with Crippen LogP contribution in [0.4, 0.5) is 34.1 Å². The van der Waals surface area contributed by atoms with Crippen LogP contribution in [0.5, 0.6) is 0 Å². The predicted molar refractivity (Wildman–Crippen MR) is 460 cm³/mol. The Hall–Kier alpha value is -12.6. The van der Waals surface area contributed by atoms with Gasteiger partial charge in [-0.1, -0.05) is 235 Å². The molecule has 526 valence electrons. The van der Waals surface area contributed by atoms with Crippen molar-refractivity contribution in [3.05, 3.63) is 307 Å². The number of benzene rings is 14. The van der Waals surface area contributed by atoms with Gasteiger partial charge in [0, 0.05) is 93.9 Å². The van der Waals surface area contributed by atoms with Crippen LogP contribution >= 0.6 is 0 Å². The second-order valence-electron chi connectivity index (χ2n) is 34.1. The number of hydrogen-bond acceptors (Lipinski definition) is 5. The quantitative estimate of drug-likeness (QED) is 0.149. The first-order valence-corrected chi connectivity index (χ1v) is 38.0. The fourth-order valence-corrected chi connectivity index (χ4v) is 17.6. The first kappa shape index (κ1) is 61.6. The molecule has 0 saturated carbocycles. The van der Waals surface area contributed by atoms with Gasteiger partial charge in [0.25, 0.3) is 6.71 Å². The minimum absolute atomic E-state index is 0.108. The number of anilines is 6. The molecule has 0 N–H and O–H groups in total. The molecule has 0 radical (unpaired) electrons. The summed E-state index contributed by atoms with van der Waals surface area (Å²) in [6.07, 6.45) is 0.